The highest BCUT2D eigenvalue weighted by Gasteiger charge is 2.40. The molecule has 0 amide bonds. The van der Waals surface area contributed by atoms with E-state index in [0.29, 0.717) is 13.1 Å². The molecular formula is C17H27NO4. The van der Waals surface area contributed by atoms with Gasteiger partial charge in [-0.15, -0.1) is 0 Å². The molecule has 4 N–H and O–H groups in total. The molecule has 1 aromatic rings. The second kappa shape index (κ2) is 8.60. The maximum absolute atomic E-state index is 9.92. The molecule has 1 aliphatic rings. The first-order chi connectivity index (χ1) is 10.6. The monoisotopic (exact) mass is 309 g/mol. The number of hydrogen-bond acceptors (Lipinski definition) is 5. The number of aliphatic hydroxyl groups is 4. The Balaban J connectivity index is 1.71. The van der Waals surface area contributed by atoms with Gasteiger partial charge in [-0.2, -0.15) is 0 Å². The van der Waals surface area contributed by atoms with Gasteiger partial charge in [-0.25, -0.2) is 0 Å². The van der Waals surface area contributed by atoms with E-state index in [1.54, 1.807) is 0 Å². The van der Waals surface area contributed by atoms with Crippen LogP contribution in [-0.4, -0.2) is 69.4 Å². The third kappa shape index (κ3) is 4.51. The molecule has 0 unspecified atom stereocenters. The predicted octanol–water partition coefficient (Wildman–Crippen LogP) is 0.159. The van der Waals surface area contributed by atoms with E-state index in [4.69, 9.17) is 0 Å². The van der Waals surface area contributed by atoms with Crippen molar-refractivity contribution in [2.45, 2.75) is 50.0 Å². The van der Waals surface area contributed by atoms with Crippen LogP contribution in [-0.2, 0) is 6.42 Å². The summed E-state index contributed by atoms with van der Waals surface area (Å²) in [5.41, 5.74) is 1.34. The molecule has 5 nitrogen and oxygen atoms in total. The summed E-state index contributed by atoms with van der Waals surface area (Å²) < 4.78 is 0. The SMILES string of the molecule is OC[C@@H]1[C@@H](O)[C@H](O)[C@@H](O)CN1CCCCCc1ccccc1. The fraction of sp³-hybridized carbons (Fsp3) is 0.647. The summed E-state index contributed by atoms with van der Waals surface area (Å²) in [5.74, 6) is 0. The molecule has 0 saturated carbocycles. The summed E-state index contributed by atoms with van der Waals surface area (Å²) in [6.45, 7) is 0.790. The molecule has 4 atom stereocenters. The highest BCUT2D eigenvalue weighted by molar-refractivity contribution is 5.14. The molecule has 2 rings (SSSR count). The van der Waals surface area contributed by atoms with E-state index >= 15 is 0 Å². The second-order valence-electron chi connectivity index (χ2n) is 6.09. The Morgan fingerprint density at radius 3 is 2.36 bits per heavy atom. The van der Waals surface area contributed by atoms with E-state index in [2.05, 4.69) is 12.1 Å². The lowest BCUT2D eigenvalue weighted by Gasteiger charge is -2.43. The van der Waals surface area contributed by atoms with Gasteiger partial charge in [0.2, 0.25) is 0 Å². The topological polar surface area (TPSA) is 84.2 Å². The van der Waals surface area contributed by atoms with Crippen LogP contribution in [0.2, 0.25) is 0 Å². The van der Waals surface area contributed by atoms with Crippen LogP contribution >= 0.6 is 0 Å². The average molecular weight is 309 g/mol. The van der Waals surface area contributed by atoms with Crippen LogP contribution in [0, 0.1) is 0 Å². The number of nitrogens with zero attached hydrogens (tertiary/aromatic N) is 1. The van der Waals surface area contributed by atoms with Crippen molar-refractivity contribution in [3.05, 3.63) is 35.9 Å². The van der Waals surface area contributed by atoms with E-state index in [-0.39, 0.29) is 6.61 Å². The van der Waals surface area contributed by atoms with E-state index in [9.17, 15) is 20.4 Å². The van der Waals surface area contributed by atoms with Crippen molar-refractivity contribution in [2.24, 2.45) is 0 Å². The fourth-order valence-electron chi connectivity index (χ4n) is 3.10. The number of piperidine rings is 1. The Morgan fingerprint density at radius 2 is 1.68 bits per heavy atom. The van der Waals surface area contributed by atoms with E-state index in [0.717, 1.165) is 25.7 Å². The summed E-state index contributed by atoms with van der Waals surface area (Å²) >= 11 is 0. The quantitative estimate of drug-likeness (QED) is 0.539. The van der Waals surface area contributed by atoms with Crippen molar-refractivity contribution in [1.82, 2.24) is 4.90 Å². The lowest BCUT2D eigenvalue weighted by atomic mass is 9.94. The van der Waals surface area contributed by atoms with Crippen LogP contribution < -0.4 is 0 Å². The maximum Gasteiger partial charge on any atom is 0.109 e. The third-order valence-electron chi connectivity index (χ3n) is 4.47. The number of aliphatic hydroxyl groups excluding tert-OH is 4. The highest BCUT2D eigenvalue weighted by atomic mass is 16.4. The zero-order valence-electron chi connectivity index (χ0n) is 12.9. The summed E-state index contributed by atoms with van der Waals surface area (Å²) in [6, 6.07) is 9.86. The molecule has 1 aromatic carbocycles. The van der Waals surface area contributed by atoms with Crippen molar-refractivity contribution in [1.29, 1.82) is 0 Å². The Hall–Kier alpha value is -0.980. The first-order valence-electron chi connectivity index (χ1n) is 8.06. The van der Waals surface area contributed by atoms with Crippen LogP contribution in [0.5, 0.6) is 0 Å². The molecule has 0 radical (unpaired) electrons. The summed E-state index contributed by atoms with van der Waals surface area (Å²) in [6.07, 6.45) is 0.910. The number of β-amino-alcohol motifs (C(OH)–C–C–N with tert-alkyl or cyclic N) is 1. The van der Waals surface area contributed by atoms with Gasteiger partial charge in [0.15, 0.2) is 0 Å². The minimum atomic E-state index is -1.17. The fourth-order valence-corrected chi connectivity index (χ4v) is 3.10. The average Bonchev–Trinajstić information content (AvgIpc) is 2.53. The predicted molar refractivity (Wildman–Crippen MR) is 84.5 cm³/mol. The molecular weight excluding hydrogens is 282 g/mol. The van der Waals surface area contributed by atoms with Crippen LogP contribution in [0.3, 0.4) is 0 Å². The molecule has 0 spiro atoms. The van der Waals surface area contributed by atoms with Crippen molar-refractivity contribution in [3.8, 4) is 0 Å². The maximum atomic E-state index is 9.92. The zero-order valence-corrected chi connectivity index (χ0v) is 12.9. The number of benzene rings is 1. The Kier molecular flexibility index (Phi) is 6.79. The van der Waals surface area contributed by atoms with Crippen molar-refractivity contribution >= 4 is 0 Å². The molecule has 22 heavy (non-hydrogen) atoms. The summed E-state index contributed by atoms with van der Waals surface area (Å²) in [7, 11) is 0. The minimum absolute atomic E-state index is 0.213. The number of likely N-dealkylation sites (tertiary alicyclic amines) is 1. The van der Waals surface area contributed by atoms with Crippen LogP contribution in [0.25, 0.3) is 0 Å². The molecule has 5 heteroatoms. The Labute approximate surface area is 131 Å². The summed E-state index contributed by atoms with van der Waals surface area (Å²) in [4.78, 5) is 1.88. The molecule has 1 saturated heterocycles. The van der Waals surface area contributed by atoms with Crippen molar-refractivity contribution in [3.63, 3.8) is 0 Å². The van der Waals surface area contributed by atoms with Gasteiger partial charge < -0.3 is 20.4 Å². The van der Waals surface area contributed by atoms with Gasteiger partial charge in [0, 0.05) is 6.54 Å². The molecule has 1 fully saturated rings. The normalized spacial score (nSPS) is 29.6. The number of rotatable bonds is 7. The molecule has 1 aliphatic heterocycles. The van der Waals surface area contributed by atoms with Crippen LogP contribution in [0.1, 0.15) is 24.8 Å². The lowest BCUT2D eigenvalue weighted by molar-refractivity contribution is -0.145. The van der Waals surface area contributed by atoms with Gasteiger partial charge in [0.05, 0.1) is 18.8 Å². The van der Waals surface area contributed by atoms with Crippen molar-refractivity contribution in [2.75, 3.05) is 19.7 Å². The van der Waals surface area contributed by atoms with Gasteiger partial charge in [-0.3, -0.25) is 4.90 Å². The smallest absolute Gasteiger partial charge is 0.109 e. The van der Waals surface area contributed by atoms with Crippen LogP contribution in [0.4, 0.5) is 0 Å². The van der Waals surface area contributed by atoms with Crippen molar-refractivity contribution < 1.29 is 20.4 Å². The first-order valence-corrected chi connectivity index (χ1v) is 8.06. The third-order valence-corrected chi connectivity index (χ3v) is 4.47. The highest BCUT2D eigenvalue weighted by Crippen LogP contribution is 2.19. The number of unbranched alkanes of at least 4 members (excludes halogenated alkanes) is 2. The molecule has 124 valence electrons. The summed E-state index contributed by atoms with van der Waals surface area (Å²) in [5, 5.41) is 38.7. The van der Waals surface area contributed by atoms with Gasteiger partial charge in [-0.1, -0.05) is 36.8 Å². The first kappa shape index (κ1) is 17.4. The zero-order chi connectivity index (χ0) is 15.9. The van der Waals surface area contributed by atoms with Gasteiger partial charge in [-0.05, 0) is 31.4 Å². The van der Waals surface area contributed by atoms with Gasteiger partial charge in [0.25, 0.3) is 0 Å². The molecule has 0 aliphatic carbocycles. The molecule has 0 aromatic heterocycles. The number of hydrogen-bond donors (Lipinski definition) is 4. The van der Waals surface area contributed by atoms with E-state index in [1.807, 2.05) is 23.1 Å². The second-order valence-corrected chi connectivity index (χ2v) is 6.09. The number of aryl methyl sites for hydroxylation is 1. The molecule has 1 heterocycles. The standard InChI is InChI=1S/C17H27NO4/c19-12-14-16(21)17(22)15(20)11-18(14)10-6-2-5-9-13-7-3-1-4-8-13/h1,3-4,7-8,14-17,19-22H,2,5-6,9-12H2/t14-,15+,16-,17-/m1/s1. The largest absolute Gasteiger partial charge is 0.395 e. The minimum Gasteiger partial charge on any atom is -0.395 e. The Bertz CT molecular complexity index is 428. The van der Waals surface area contributed by atoms with E-state index in [1.165, 1.54) is 5.56 Å². The van der Waals surface area contributed by atoms with E-state index < -0.39 is 24.4 Å². The molecule has 0 bridgehead atoms. The van der Waals surface area contributed by atoms with Gasteiger partial charge >= 0.3 is 0 Å². The van der Waals surface area contributed by atoms with Crippen LogP contribution in [0.15, 0.2) is 30.3 Å². The lowest BCUT2D eigenvalue weighted by Crippen LogP contribution is -2.62. The Morgan fingerprint density at radius 1 is 0.955 bits per heavy atom. The van der Waals surface area contributed by atoms with Gasteiger partial charge in [0.1, 0.15) is 12.2 Å².